The molecule has 1 aromatic carbocycles. The minimum absolute atomic E-state index is 0.0543. The Morgan fingerprint density at radius 3 is 2.19 bits per heavy atom. The van der Waals surface area contributed by atoms with Gasteiger partial charge in [-0.15, -0.1) is 0 Å². The van der Waals surface area contributed by atoms with Gasteiger partial charge in [0.2, 0.25) is 5.91 Å². The number of hydrazine groups is 1. The summed E-state index contributed by atoms with van der Waals surface area (Å²) in [5, 5.41) is 38.8. The summed E-state index contributed by atoms with van der Waals surface area (Å²) in [6, 6.07) is 11.8. The van der Waals surface area contributed by atoms with Crippen LogP contribution in [0.3, 0.4) is 0 Å². The largest absolute Gasteiger partial charge is 0.465 e. The summed E-state index contributed by atoms with van der Waals surface area (Å²) in [4.78, 5) is 61.1. The summed E-state index contributed by atoms with van der Waals surface area (Å²) >= 11 is 0. The summed E-state index contributed by atoms with van der Waals surface area (Å²) in [5.74, 6) is -0.886. The highest BCUT2D eigenvalue weighted by molar-refractivity contribution is 5.88. The summed E-state index contributed by atoms with van der Waals surface area (Å²) in [7, 11) is 0. The number of aliphatic hydroxyl groups is 2. The van der Waals surface area contributed by atoms with Gasteiger partial charge < -0.3 is 35.8 Å². The SMILES string of the molecule is CC[C@H](C)[C@@H](C(=O)N[C@@H](Cc1ccccc1)[C@@H](O)CN(CCC(C)C)NC(=O)[C@@H](NC(=O)O)C(C)(C)C)N1CCN(Cc2cccc(C(C)(C)O)n2)C1=O. The number of carbonyl (C=O) groups is 4. The zero-order valence-electron chi connectivity index (χ0n) is 33.5. The summed E-state index contributed by atoms with van der Waals surface area (Å²) in [5.41, 5.74) is 2.97. The maximum absolute atomic E-state index is 14.4. The van der Waals surface area contributed by atoms with Gasteiger partial charge in [0.05, 0.1) is 30.1 Å². The minimum atomic E-state index is -1.32. The van der Waals surface area contributed by atoms with Crippen LogP contribution in [0.25, 0.3) is 0 Å². The highest BCUT2D eigenvalue weighted by Gasteiger charge is 2.41. The van der Waals surface area contributed by atoms with Gasteiger partial charge in [0.1, 0.15) is 17.7 Å². The molecule has 1 aromatic heterocycles. The van der Waals surface area contributed by atoms with Crippen molar-refractivity contribution in [1.82, 2.24) is 35.9 Å². The third-order valence-corrected chi connectivity index (χ3v) is 9.84. The van der Waals surface area contributed by atoms with Gasteiger partial charge in [0.25, 0.3) is 5.91 Å². The fourth-order valence-corrected chi connectivity index (χ4v) is 6.44. The monoisotopic (exact) mass is 753 g/mol. The Kier molecular flexibility index (Phi) is 15.8. The number of hydrogen-bond donors (Lipinski definition) is 6. The second-order valence-electron chi connectivity index (χ2n) is 16.5. The average Bonchev–Trinajstić information content (AvgIpc) is 3.43. The maximum atomic E-state index is 14.4. The molecule has 0 spiro atoms. The van der Waals surface area contributed by atoms with Crippen LogP contribution in [-0.2, 0) is 28.2 Å². The molecule has 0 radical (unpaired) electrons. The van der Waals surface area contributed by atoms with E-state index >= 15 is 0 Å². The first-order valence-electron chi connectivity index (χ1n) is 19.0. The van der Waals surface area contributed by atoms with Crippen molar-refractivity contribution in [2.24, 2.45) is 17.3 Å². The molecule has 3 rings (SSSR count). The second kappa shape index (κ2) is 19.4. The normalized spacial score (nSPS) is 16.6. The molecule has 1 aliphatic rings. The van der Waals surface area contributed by atoms with E-state index < -0.39 is 53.2 Å². The zero-order chi connectivity index (χ0) is 40.4. The van der Waals surface area contributed by atoms with Gasteiger partial charge in [0.15, 0.2) is 0 Å². The number of aromatic nitrogens is 1. The van der Waals surface area contributed by atoms with Crippen LogP contribution in [0.5, 0.6) is 0 Å². The van der Waals surface area contributed by atoms with Gasteiger partial charge in [-0.3, -0.25) is 20.0 Å². The Morgan fingerprint density at radius 1 is 0.944 bits per heavy atom. The molecular formula is C40H63N7O7. The number of carboxylic acid groups (broad SMARTS) is 1. The van der Waals surface area contributed by atoms with E-state index in [-0.39, 0.29) is 37.4 Å². The minimum Gasteiger partial charge on any atom is -0.465 e. The number of hydrogen-bond acceptors (Lipinski definition) is 8. The highest BCUT2D eigenvalue weighted by atomic mass is 16.4. The number of benzene rings is 1. The Balaban J connectivity index is 1.87. The second-order valence-corrected chi connectivity index (χ2v) is 16.5. The van der Waals surface area contributed by atoms with Gasteiger partial charge in [0, 0.05) is 26.2 Å². The van der Waals surface area contributed by atoms with E-state index in [1.54, 1.807) is 67.6 Å². The summed E-state index contributed by atoms with van der Waals surface area (Å²) < 4.78 is 0. The quantitative estimate of drug-likeness (QED) is 0.115. The predicted molar refractivity (Wildman–Crippen MR) is 207 cm³/mol. The molecule has 1 saturated heterocycles. The molecule has 0 saturated carbocycles. The molecule has 54 heavy (non-hydrogen) atoms. The van der Waals surface area contributed by atoms with E-state index in [1.165, 1.54) is 0 Å². The molecule has 6 N–H and O–H groups in total. The van der Waals surface area contributed by atoms with Crippen LogP contribution in [0, 0.1) is 17.3 Å². The summed E-state index contributed by atoms with van der Waals surface area (Å²) in [6.45, 7) is 17.8. The molecule has 14 nitrogen and oxygen atoms in total. The summed E-state index contributed by atoms with van der Waals surface area (Å²) in [6.07, 6.45) is -0.911. The topological polar surface area (TPSA) is 188 Å². The molecule has 1 aliphatic heterocycles. The molecule has 14 heteroatoms. The number of pyridine rings is 1. The van der Waals surface area contributed by atoms with Crippen molar-refractivity contribution < 1.29 is 34.5 Å². The van der Waals surface area contributed by atoms with Crippen LogP contribution in [0.15, 0.2) is 48.5 Å². The number of urea groups is 1. The molecule has 1 fully saturated rings. The fourth-order valence-electron chi connectivity index (χ4n) is 6.44. The van der Waals surface area contributed by atoms with Crippen LogP contribution in [-0.4, -0.2) is 109 Å². The Morgan fingerprint density at radius 2 is 1.61 bits per heavy atom. The van der Waals surface area contributed by atoms with Crippen molar-refractivity contribution in [3.63, 3.8) is 0 Å². The lowest BCUT2D eigenvalue weighted by Crippen LogP contribution is -2.60. The molecule has 0 aliphatic carbocycles. The molecule has 2 heterocycles. The lowest BCUT2D eigenvalue weighted by atomic mass is 9.86. The van der Waals surface area contributed by atoms with Crippen LogP contribution >= 0.6 is 0 Å². The van der Waals surface area contributed by atoms with Crippen molar-refractivity contribution in [1.29, 1.82) is 0 Å². The lowest BCUT2D eigenvalue weighted by Gasteiger charge is -2.36. The standard InChI is InChI=1S/C40H63N7O7/c1-10-27(4)33(47-22-21-45(38(47)53)24-29-17-14-18-32(41-29)40(8,9)54)35(49)42-30(23-28-15-12-11-13-16-28)31(48)25-46(20-19-26(2)3)44-36(50)34(39(5,6)7)43-37(51)52/h11-18,26-27,30-31,33-34,43,48,54H,10,19-25H2,1-9H3,(H,42,49)(H,44,50)(H,51,52)/t27-,30-,31-,33-,34+/m0/s1. The lowest BCUT2D eigenvalue weighted by molar-refractivity contribution is -0.132. The third-order valence-electron chi connectivity index (χ3n) is 9.84. The van der Waals surface area contributed by atoms with Gasteiger partial charge in [-0.2, -0.15) is 0 Å². The number of aliphatic hydroxyl groups excluding tert-OH is 1. The molecule has 300 valence electrons. The predicted octanol–water partition coefficient (Wildman–Crippen LogP) is 4.11. The van der Waals surface area contributed by atoms with Crippen LogP contribution in [0.4, 0.5) is 9.59 Å². The van der Waals surface area contributed by atoms with Crippen LogP contribution < -0.4 is 16.1 Å². The molecule has 5 amide bonds. The van der Waals surface area contributed by atoms with Gasteiger partial charge >= 0.3 is 12.1 Å². The Bertz CT molecular complexity index is 1540. The van der Waals surface area contributed by atoms with E-state index in [0.717, 1.165) is 5.56 Å². The Hall–Kier alpha value is -4.27. The molecule has 5 atom stereocenters. The van der Waals surface area contributed by atoms with E-state index in [2.05, 4.69) is 21.0 Å². The Labute approximate surface area is 320 Å². The molecule has 2 aromatic rings. The van der Waals surface area contributed by atoms with E-state index in [9.17, 15) is 34.5 Å². The zero-order valence-corrected chi connectivity index (χ0v) is 33.5. The molecular weight excluding hydrogens is 690 g/mol. The number of nitrogens with one attached hydrogen (secondary N) is 3. The first-order valence-corrected chi connectivity index (χ1v) is 19.0. The van der Waals surface area contributed by atoms with E-state index in [4.69, 9.17) is 0 Å². The van der Waals surface area contributed by atoms with Crippen molar-refractivity contribution in [3.05, 3.63) is 65.5 Å². The number of rotatable bonds is 19. The van der Waals surface area contributed by atoms with Gasteiger partial charge in [-0.25, -0.2) is 14.6 Å². The third kappa shape index (κ3) is 12.9. The van der Waals surface area contributed by atoms with Gasteiger partial charge in [-0.05, 0) is 61.6 Å². The van der Waals surface area contributed by atoms with Crippen LogP contribution in [0.2, 0.25) is 0 Å². The number of carbonyl (C=O) groups excluding carboxylic acids is 3. The highest BCUT2D eigenvalue weighted by Crippen LogP contribution is 2.24. The van der Waals surface area contributed by atoms with Gasteiger partial charge in [-0.1, -0.05) is 91.3 Å². The number of amides is 5. The fraction of sp³-hybridized carbons (Fsp3) is 0.625. The maximum Gasteiger partial charge on any atom is 0.405 e. The van der Waals surface area contributed by atoms with Crippen molar-refractivity contribution in [3.8, 4) is 0 Å². The van der Waals surface area contributed by atoms with Crippen molar-refractivity contribution >= 4 is 23.9 Å². The molecule has 0 unspecified atom stereocenters. The molecule has 0 bridgehead atoms. The van der Waals surface area contributed by atoms with Crippen molar-refractivity contribution in [2.75, 3.05) is 26.2 Å². The van der Waals surface area contributed by atoms with Crippen LogP contribution in [0.1, 0.15) is 92.1 Å². The first kappa shape index (κ1) is 44.1. The first-order chi connectivity index (χ1) is 25.2. The van der Waals surface area contributed by atoms with Crippen molar-refractivity contribution in [2.45, 2.75) is 118 Å². The van der Waals surface area contributed by atoms with E-state index in [1.807, 2.05) is 58.0 Å². The number of nitrogens with zero attached hydrogens (tertiary/aromatic N) is 4. The van der Waals surface area contributed by atoms with E-state index in [0.29, 0.717) is 43.9 Å². The smallest absolute Gasteiger partial charge is 0.405 e. The average molecular weight is 754 g/mol.